The van der Waals surface area contributed by atoms with Gasteiger partial charge < -0.3 is 15.3 Å². The average Bonchev–Trinajstić information content (AvgIpc) is 2.69. The van der Waals surface area contributed by atoms with Crippen LogP contribution in [0.25, 0.3) is 0 Å². The van der Waals surface area contributed by atoms with Gasteiger partial charge in [0.1, 0.15) is 0 Å². The van der Waals surface area contributed by atoms with Gasteiger partial charge in [0.25, 0.3) is 0 Å². The lowest BCUT2D eigenvalue weighted by molar-refractivity contribution is 0.0693. The van der Waals surface area contributed by atoms with Crippen molar-refractivity contribution in [1.82, 2.24) is 15.2 Å². The largest absolute Gasteiger partial charge is 0.478 e. The summed E-state index contributed by atoms with van der Waals surface area (Å²) in [5, 5.41) is 12.3. The van der Waals surface area contributed by atoms with E-state index in [1.165, 1.54) is 12.3 Å². The first-order valence-electron chi connectivity index (χ1n) is 9.35. The van der Waals surface area contributed by atoms with E-state index < -0.39 is 5.97 Å². The van der Waals surface area contributed by atoms with Crippen LogP contribution in [-0.4, -0.2) is 52.7 Å². The van der Waals surface area contributed by atoms with Gasteiger partial charge >= 0.3 is 12.0 Å². The molecule has 0 bridgehead atoms. The summed E-state index contributed by atoms with van der Waals surface area (Å²) < 4.78 is 0. The molecule has 2 heterocycles. The van der Waals surface area contributed by atoms with Crippen LogP contribution in [0.2, 0.25) is 0 Å². The van der Waals surface area contributed by atoms with E-state index in [-0.39, 0.29) is 18.1 Å². The first-order chi connectivity index (χ1) is 13.1. The SMILES string of the molecule is O=C=NCC1CCCC(CNC(=O)N2CCc3nccc(C(=O)O)c3C2)C1. The van der Waals surface area contributed by atoms with Crippen LogP contribution in [0.5, 0.6) is 0 Å². The smallest absolute Gasteiger partial charge is 0.336 e. The highest BCUT2D eigenvalue weighted by Gasteiger charge is 2.27. The Hall–Kier alpha value is -2.73. The Morgan fingerprint density at radius 3 is 2.96 bits per heavy atom. The fourth-order valence-corrected chi connectivity index (χ4v) is 4.08. The van der Waals surface area contributed by atoms with E-state index in [9.17, 15) is 19.5 Å². The number of aromatic nitrogens is 1. The summed E-state index contributed by atoms with van der Waals surface area (Å²) in [7, 11) is 0. The number of carboxylic acids is 1. The van der Waals surface area contributed by atoms with E-state index in [0.717, 1.165) is 31.4 Å². The van der Waals surface area contributed by atoms with Crippen molar-refractivity contribution in [2.75, 3.05) is 19.6 Å². The fourth-order valence-electron chi connectivity index (χ4n) is 4.08. The number of isocyanates is 1. The Morgan fingerprint density at radius 1 is 1.37 bits per heavy atom. The minimum absolute atomic E-state index is 0.172. The van der Waals surface area contributed by atoms with Gasteiger partial charge in [-0.1, -0.05) is 6.42 Å². The number of hydrogen-bond acceptors (Lipinski definition) is 5. The highest BCUT2D eigenvalue weighted by Crippen LogP contribution is 2.29. The summed E-state index contributed by atoms with van der Waals surface area (Å²) in [6, 6.07) is 1.31. The van der Waals surface area contributed by atoms with Gasteiger partial charge in [-0.3, -0.25) is 4.98 Å². The highest BCUT2D eigenvalue weighted by molar-refractivity contribution is 5.89. The number of carbonyl (C=O) groups is 2. The average molecular weight is 372 g/mol. The number of rotatable bonds is 5. The number of nitrogens with zero attached hydrogens (tertiary/aromatic N) is 3. The van der Waals surface area contributed by atoms with Gasteiger partial charge in [-0.2, -0.15) is 0 Å². The molecule has 1 aliphatic heterocycles. The molecule has 2 unspecified atom stereocenters. The van der Waals surface area contributed by atoms with E-state index in [1.54, 1.807) is 11.0 Å². The molecule has 144 valence electrons. The van der Waals surface area contributed by atoms with Gasteiger partial charge in [-0.05, 0) is 37.2 Å². The number of aromatic carboxylic acids is 1. The van der Waals surface area contributed by atoms with E-state index in [0.29, 0.717) is 43.5 Å². The molecule has 2 amide bonds. The van der Waals surface area contributed by atoms with Crippen LogP contribution in [0.4, 0.5) is 4.79 Å². The zero-order valence-electron chi connectivity index (χ0n) is 15.2. The number of nitrogens with one attached hydrogen (secondary N) is 1. The minimum Gasteiger partial charge on any atom is -0.478 e. The fraction of sp³-hybridized carbons (Fsp3) is 0.579. The molecule has 1 aromatic heterocycles. The topological polar surface area (TPSA) is 112 Å². The van der Waals surface area contributed by atoms with Crippen molar-refractivity contribution in [3.63, 3.8) is 0 Å². The molecule has 0 aromatic carbocycles. The Balaban J connectivity index is 1.55. The monoisotopic (exact) mass is 372 g/mol. The molecular formula is C19H24N4O4. The second kappa shape index (κ2) is 8.77. The van der Waals surface area contributed by atoms with E-state index in [1.807, 2.05) is 0 Å². The summed E-state index contributed by atoms with van der Waals surface area (Å²) in [4.78, 5) is 43.8. The zero-order chi connectivity index (χ0) is 19.2. The van der Waals surface area contributed by atoms with Crippen molar-refractivity contribution in [3.05, 3.63) is 29.1 Å². The minimum atomic E-state index is -0.998. The number of fused-ring (bicyclic) bond motifs is 1. The van der Waals surface area contributed by atoms with Crippen LogP contribution < -0.4 is 5.32 Å². The number of urea groups is 1. The third-order valence-corrected chi connectivity index (χ3v) is 5.48. The van der Waals surface area contributed by atoms with Gasteiger partial charge in [0.2, 0.25) is 6.08 Å². The molecule has 2 N–H and O–H groups in total. The zero-order valence-corrected chi connectivity index (χ0v) is 15.2. The quantitative estimate of drug-likeness (QED) is 0.606. The molecule has 1 saturated carbocycles. The standard InChI is InChI=1S/C19H24N4O4/c24-12-20-9-13-2-1-3-14(8-13)10-22-19(27)23-7-5-17-16(11-23)15(18(25)26)4-6-21-17/h4,6,13-14H,1-3,5,7-11H2,(H,22,27)(H,25,26). The normalized spacial score (nSPS) is 21.7. The van der Waals surface area contributed by atoms with Gasteiger partial charge in [-0.25, -0.2) is 19.4 Å². The van der Waals surface area contributed by atoms with Gasteiger partial charge in [0.05, 0.1) is 18.7 Å². The highest BCUT2D eigenvalue weighted by atomic mass is 16.4. The summed E-state index contributed by atoms with van der Waals surface area (Å²) in [5.74, 6) is -0.238. The second-order valence-electron chi connectivity index (χ2n) is 7.28. The molecule has 1 fully saturated rings. The Morgan fingerprint density at radius 2 is 2.19 bits per heavy atom. The third-order valence-electron chi connectivity index (χ3n) is 5.48. The van der Waals surface area contributed by atoms with E-state index >= 15 is 0 Å². The Bertz CT molecular complexity index is 760. The number of hydrogen-bond donors (Lipinski definition) is 2. The number of amides is 2. The Labute approximate surface area is 157 Å². The molecule has 8 nitrogen and oxygen atoms in total. The van der Waals surface area contributed by atoms with Crippen molar-refractivity contribution < 1.29 is 19.5 Å². The molecule has 2 atom stereocenters. The number of carbonyl (C=O) groups excluding carboxylic acids is 2. The second-order valence-corrected chi connectivity index (χ2v) is 7.28. The maximum absolute atomic E-state index is 12.6. The first-order valence-corrected chi connectivity index (χ1v) is 9.35. The summed E-state index contributed by atoms with van der Waals surface area (Å²) in [6.07, 6.45) is 7.79. The molecule has 1 aromatic rings. The maximum atomic E-state index is 12.6. The van der Waals surface area contributed by atoms with Gasteiger partial charge in [0.15, 0.2) is 0 Å². The molecule has 2 aliphatic rings. The molecule has 0 spiro atoms. The van der Waals surface area contributed by atoms with E-state index in [4.69, 9.17) is 0 Å². The van der Waals surface area contributed by atoms with Crippen LogP contribution >= 0.6 is 0 Å². The van der Waals surface area contributed by atoms with Crippen molar-refractivity contribution in [2.45, 2.75) is 38.6 Å². The molecule has 0 saturated heterocycles. The number of pyridine rings is 1. The predicted octanol–water partition coefficient (Wildman–Crippen LogP) is 1.99. The van der Waals surface area contributed by atoms with Crippen LogP contribution in [0.1, 0.15) is 47.3 Å². The third kappa shape index (κ3) is 4.71. The first kappa shape index (κ1) is 19.0. The summed E-state index contributed by atoms with van der Waals surface area (Å²) in [6.45, 7) is 1.89. The van der Waals surface area contributed by atoms with Crippen molar-refractivity contribution in [1.29, 1.82) is 0 Å². The molecule has 27 heavy (non-hydrogen) atoms. The van der Waals surface area contributed by atoms with Crippen molar-refractivity contribution >= 4 is 18.1 Å². The maximum Gasteiger partial charge on any atom is 0.336 e. The van der Waals surface area contributed by atoms with Crippen LogP contribution in [0.3, 0.4) is 0 Å². The van der Waals surface area contributed by atoms with E-state index in [2.05, 4.69) is 15.3 Å². The molecular weight excluding hydrogens is 348 g/mol. The molecule has 1 aliphatic carbocycles. The number of carboxylic acid groups (broad SMARTS) is 1. The Kier molecular flexibility index (Phi) is 6.19. The molecule has 3 rings (SSSR count). The lowest BCUT2D eigenvalue weighted by Gasteiger charge is -2.31. The van der Waals surface area contributed by atoms with Gasteiger partial charge in [-0.15, -0.1) is 0 Å². The summed E-state index contributed by atoms with van der Waals surface area (Å²) >= 11 is 0. The lowest BCUT2D eigenvalue weighted by atomic mass is 9.81. The predicted molar refractivity (Wildman–Crippen MR) is 97.1 cm³/mol. The van der Waals surface area contributed by atoms with Crippen molar-refractivity contribution in [2.24, 2.45) is 16.8 Å². The number of aliphatic imine (C=N–C) groups is 1. The molecule has 0 radical (unpaired) electrons. The summed E-state index contributed by atoms with van der Waals surface area (Å²) in [5.41, 5.74) is 1.59. The van der Waals surface area contributed by atoms with Crippen LogP contribution in [0.15, 0.2) is 17.3 Å². The van der Waals surface area contributed by atoms with Gasteiger partial charge in [0, 0.05) is 37.0 Å². The van der Waals surface area contributed by atoms with Crippen LogP contribution in [-0.2, 0) is 17.8 Å². The lowest BCUT2D eigenvalue weighted by Crippen LogP contribution is -2.45. The van der Waals surface area contributed by atoms with Crippen molar-refractivity contribution in [3.8, 4) is 0 Å². The van der Waals surface area contributed by atoms with Crippen LogP contribution in [0, 0.1) is 11.8 Å². The molecule has 8 heteroatoms.